The fourth-order valence-corrected chi connectivity index (χ4v) is 1.10. The second-order valence-corrected chi connectivity index (χ2v) is 2.64. The first kappa shape index (κ1) is 8.67. The van der Waals surface area contributed by atoms with Crippen molar-refractivity contribution in [3.63, 3.8) is 0 Å². The molecular weight excluding hydrogens is 178 g/mol. The Morgan fingerprint density at radius 3 is 2.73 bits per heavy atom. The minimum Gasteiger partial charge on any atom is -0.300 e. The van der Waals surface area contributed by atoms with Gasteiger partial charge in [0, 0.05) is 18.2 Å². The van der Waals surface area contributed by atoms with Crippen LogP contribution in [0.15, 0.2) is 0 Å². The lowest BCUT2D eigenvalue weighted by Gasteiger charge is -2.06. The third kappa shape index (κ3) is 2.00. The molecule has 0 spiro atoms. The van der Waals surface area contributed by atoms with Gasteiger partial charge >= 0.3 is 0 Å². The van der Waals surface area contributed by atoms with Gasteiger partial charge in [0.2, 0.25) is 0 Å². The number of hydrogen-bond donors (Lipinski definition) is 2. The molecule has 1 fully saturated rings. The van der Waals surface area contributed by atoms with Gasteiger partial charge in [0.25, 0.3) is 11.8 Å². The molecule has 0 saturated carbocycles. The zero-order valence-corrected chi connectivity index (χ0v) is 6.29. The van der Waals surface area contributed by atoms with Gasteiger partial charge in [-0.05, 0) is 0 Å². The summed E-state index contributed by atoms with van der Waals surface area (Å²) in [5.41, 5.74) is 0. The fourth-order valence-electron chi connectivity index (χ4n) is 0.967. The summed E-state index contributed by atoms with van der Waals surface area (Å²) >= 11 is 4.94. The quantitative estimate of drug-likeness (QED) is 0.574. The normalized spacial score (nSPS) is 28.5. The number of rotatable bonds is 1. The Morgan fingerprint density at radius 1 is 1.73 bits per heavy atom. The van der Waals surface area contributed by atoms with Gasteiger partial charge in [0.15, 0.2) is 0 Å². The fraction of sp³-hybridized carbons (Fsp3) is 0.800. The molecule has 0 aromatic carbocycles. The average molecular weight is 185 g/mol. The van der Waals surface area contributed by atoms with E-state index in [9.17, 15) is 13.6 Å². The Hall–Kier alpha value is -0.420. The van der Waals surface area contributed by atoms with Gasteiger partial charge in [-0.3, -0.25) is 14.9 Å². The molecule has 1 saturated heterocycles. The van der Waals surface area contributed by atoms with Gasteiger partial charge in [-0.25, -0.2) is 8.78 Å². The summed E-state index contributed by atoms with van der Waals surface area (Å²) in [4.78, 5) is 12.4. The number of halogens is 3. The molecule has 3 nitrogen and oxygen atoms in total. The van der Waals surface area contributed by atoms with Gasteiger partial charge in [-0.1, -0.05) is 0 Å². The molecule has 1 amide bonds. The van der Waals surface area contributed by atoms with Crippen molar-refractivity contribution < 1.29 is 13.6 Å². The van der Waals surface area contributed by atoms with E-state index in [2.05, 4.69) is 5.32 Å². The maximum atomic E-state index is 12.4. The van der Waals surface area contributed by atoms with Crippen molar-refractivity contribution in [2.45, 2.75) is 18.4 Å². The predicted molar refractivity (Wildman–Crippen MR) is 35.4 cm³/mol. The molecule has 0 aromatic heterocycles. The highest BCUT2D eigenvalue weighted by Gasteiger charge is 2.42. The summed E-state index contributed by atoms with van der Waals surface area (Å²) < 4.78 is 24.8. The molecule has 64 valence electrons. The van der Waals surface area contributed by atoms with Gasteiger partial charge < -0.3 is 0 Å². The summed E-state index contributed by atoms with van der Waals surface area (Å²) in [6, 6.07) is -0.859. The monoisotopic (exact) mass is 184 g/mol. The Bertz CT molecular complexity index is 176. The molecule has 0 unspecified atom stereocenters. The summed E-state index contributed by atoms with van der Waals surface area (Å²) in [6.07, 6.45) is -0.481. The first-order chi connectivity index (χ1) is 5.05. The topological polar surface area (TPSA) is 41.1 Å². The van der Waals surface area contributed by atoms with Crippen molar-refractivity contribution in [3.05, 3.63) is 0 Å². The predicted octanol–water partition coefficient (Wildman–Crippen LogP) is 0.254. The Morgan fingerprint density at radius 2 is 2.36 bits per heavy atom. The van der Waals surface area contributed by atoms with Crippen LogP contribution in [0.3, 0.4) is 0 Å². The summed E-state index contributed by atoms with van der Waals surface area (Å²) in [6.45, 7) is -0.456. The maximum Gasteiger partial charge on any atom is 0.262 e. The van der Waals surface area contributed by atoms with Crippen LogP contribution in [-0.4, -0.2) is 24.4 Å². The van der Waals surface area contributed by atoms with Crippen LogP contribution >= 0.6 is 11.8 Å². The number of carbonyl (C=O) groups is 1. The maximum absolute atomic E-state index is 12.4. The number of hydrogen-bond acceptors (Lipinski definition) is 2. The number of nitrogens with one attached hydrogen (secondary N) is 2. The third-order valence-electron chi connectivity index (χ3n) is 1.52. The van der Waals surface area contributed by atoms with Crippen LogP contribution in [0.1, 0.15) is 6.42 Å². The smallest absolute Gasteiger partial charge is 0.262 e. The van der Waals surface area contributed by atoms with Crippen LogP contribution in [0.2, 0.25) is 0 Å². The highest BCUT2D eigenvalue weighted by Crippen LogP contribution is 2.24. The van der Waals surface area contributed by atoms with Crippen molar-refractivity contribution in [2.24, 2.45) is 0 Å². The molecule has 1 atom stereocenters. The number of amides is 1. The van der Waals surface area contributed by atoms with Crippen molar-refractivity contribution in [1.29, 1.82) is 0 Å². The van der Waals surface area contributed by atoms with Gasteiger partial charge in [0.05, 0.1) is 12.6 Å². The zero-order valence-electron chi connectivity index (χ0n) is 5.53. The van der Waals surface area contributed by atoms with Crippen LogP contribution in [0.4, 0.5) is 8.78 Å². The van der Waals surface area contributed by atoms with Crippen molar-refractivity contribution in [2.75, 3.05) is 6.54 Å². The molecule has 0 aromatic rings. The minimum atomic E-state index is -2.78. The first-order valence-electron chi connectivity index (χ1n) is 3.07. The van der Waals surface area contributed by atoms with E-state index < -0.39 is 30.8 Å². The van der Waals surface area contributed by atoms with Crippen LogP contribution in [0.5, 0.6) is 0 Å². The van der Waals surface area contributed by atoms with E-state index in [0.717, 1.165) is 0 Å². The Kier molecular flexibility index (Phi) is 2.29. The summed E-state index contributed by atoms with van der Waals surface area (Å²) in [7, 11) is 0. The molecular formula is C5H7ClF2N2O. The minimum absolute atomic E-state index is 0.456. The molecule has 0 radical (unpaired) electrons. The highest BCUT2D eigenvalue weighted by atomic mass is 35.5. The van der Waals surface area contributed by atoms with Crippen LogP contribution in [0.25, 0.3) is 0 Å². The van der Waals surface area contributed by atoms with E-state index in [1.165, 1.54) is 0 Å². The largest absolute Gasteiger partial charge is 0.300 e. The lowest BCUT2D eigenvalue weighted by atomic mass is 10.2. The van der Waals surface area contributed by atoms with E-state index >= 15 is 0 Å². The van der Waals surface area contributed by atoms with E-state index in [1.54, 1.807) is 4.84 Å². The lowest BCUT2D eigenvalue weighted by molar-refractivity contribution is -0.121. The van der Waals surface area contributed by atoms with Crippen LogP contribution in [-0.2, 0) is 4.79 Å². The standard InChI is InChI=1S/C5H7ClF2N2O/c6-10-4(11)3-1-5(7,8)2-9-3/h3,9H,1-2H2,(H,10,11)/t3-/m0/s1. The van der Waals surface area contributed by atoms with Gasteiger partial charge in [0.1, 0.15) is 0 Å². The average Bonchev–Trinajstić information content (AvgIpc) is 2.29. The van der Waals surface area contributed by atoms with Gasteiger partial charge in [-0.15, -0.1) is 0 Å². The lowest BCUT2D eigenvalue weighted by Crippen LogP contribution is -2.36. The Balaban J connectivity index is 2.48. The van der Waals surface area contributed by atoms with Crippen LogP contribution in [0, 0.1) is 0 Å². The second-order valence-electron chi connectivity index (χ2n) is 2.45. The molecule has 6 heteroatoms. The van der Waals surface area contributed by atoms with Crippen molar-refractivity contribution >= 4 is 17.7 Å². The first-order valence-corrected chi connectivity index (χ1v) is 3.45. The molecule has 11 heavy (non-hydrogen) atoms. The molecule has 0 aliphatic carbocycles. The molecule has 1 rings (SSSR count). The van der Waals surface area contributed by atoms with Crippen LogP contribution < -0.4 is 10.2 Å². The van der Waals surface area contributed by atoms with E-state index in [-0.39, 0.29) is 0 Å². The molecule has 1 aliphatic heterocycles. The van der Waals surface area contributed by atoms with E-state index in [4.69, 9.17) is 11.8 Å². The number of carbonyl (C=O) groups excluding carboxylic acids is 1. The molecule has 1 aliphatic rings. The molecule has 1 heterocycles. The third-order valence-corrected chi connectivity index (χ3v) is 1.71. The van der Waals surface area contributed by atoms with Crippen molar-refractivity contribution in [3.8, 4) is 0 Å². The summed E-state index contributed by atoms with van der Waals surface area (Å²) in [5.74, 6) is -3.39. The van der Waals surface area contributed by atoms with Crippen molar-refractivity contribution in [1.82, 2.24) is 10.2 Å². The van der Waals surface area contributed by atoms with Gasteiger partial charge in [-0.2, -0.15) is 0 Å². The molecule has 0 bridgehead atoms. The molecule has 2 N–H and O–H groups in total. The zero-order chi connectivity index (χ0) is 8.48. The summed E-state index contributed by atoms with van der Waals surface area (Å²) in [5, 5.41) is 2.35. The highest BCUT2D eigenvalue weighted by molar-refractivity contribution is 6.22. The van der Waals surface area contributed by atoms with E-state index in [0.29, 0.717) is 0 Å². The SMILES string of the molecule is O=C(NCl)[C@@H]1CC(F)(F)CN1. The second kappa shape index (κ2) is 2.91. The number of alkyl halides is 2. The Labute approximate surface area is 67.2 Å². The van der Waals surface area contributed by atoms with E-state index in [1.807, 2.05) is 0 Å².